The minimum absolute atomic E-state index is 0.167. The van der Waals surface area contributed by atoms with Crippen LogP contribution in [0.4, 0.5) is 5.69 Å². The summed E-state index contributed by atoms with van der Waals surface area (Å²) in [6.45, 7) is 2.33. The molecular formula is C24H27N5O4S. The van der Waals surface area contributed by atoms with Gasteiger partial charge in [-0.25, -0.2) is 8.42 Å². The van der Waals surface area contributed by atoms with E-state index in [1.54, 1.807) is 0 Å². The van der Waals surface area contributed by atoms with E-state index in [-0.39, 0.29) is 10.8 Å². The van der Waals surface area contributed by atoms with Gasteiger partial charge in [0, 0.05) is 42.9 Å². The molecule has 1 amide bonds. The number of aromatic nitrogens is 3. The van der Waals surface area contributed by atoms with Gasteiger partial charge in [-0.3, -0.25) is 4.79 Å². The number of hydrogen-bond donors (Lipinski definition) is 1. The molecule has 178 valence electrons. The van der Waals surface area contributed by atoms with Crippen molar-refractivity contribution >= 4 is 21.6 Å². The van der Waals surface area contributed by atoms with Crippen LogP contribution in [0.2, 0.25) is 0 Å². The van der Waals surface area contributed by atoms with Gasteiger partial charge in [-0.2, -0.15) is 4.31 Å². The van der Waals surface area contributed by atoms with Crippen LogP contribution >= 0.6 is 0 Å². The number of rotatable bonds is 5. The number of aryl methyl sites for hydroxylation is 1. The lowest BCUT2D eigenvalue weighted by molar-refractivity contribution is 0.0730. The lowest BCUT2D eigenvalue weighted by Gasteiger charge is -2.26. The Labute approximate surface area is 198 Å². The van der Waals surface area contributed by atoms with Crippen LogP contribution in [-0.4, -0.2) is 59.7 Å². The van der Waals surface area contributed by atoms with Gasteiger partial charge in [-0.1, -0.05) is 18.6 Å². The number of benzene rings is 2. The van der Waals surface area contributed by atoms with Gasteiger partial charge in [-0.05, 0) is 49.2 Å². The van der Waals surface area contributed by atoms with Gasteiger partial charge in [0.1, 0.15) is 5.82 Å². The van der Waals surface area contributed by atoms with Crippen molar-refractivity contribution in [1.82, 2.24) is 19.1 Å². The number of carbonyl (C=O) groups is 1. The van der Waals surface area contributed by atoms with E-state index in [2.05, 4.69) is 20.1 Å². The summed E-state index contributed by atoms with van der Waals surface area (Å²) in [5.41, 5.74) is 1.91. The standard InChI is InChI=1S/C24H27N5O4S/c30-24(18-8-10-21(11-9-18)34(31,32)28-13-15-33-16-14-28)25-20-6-4-5-19(17-20)23-27-26-22-7-2-1-3-12-29(22)23/h4-6,8-11,17H,1-3,7,12-16H2,(H,25,30). The SMILES string of the molecule is O=C(Nc1cccc(-c2nnc3n2CCCCC3)c1)c1ccc(S(=O)(=O)N2CCOCC2)cc1. The van der Waals surface area contributed by atoms with E-state index in [4.69, 9.17) is 4.74 Å². The number of carbonyl (C=O) groups excluding carboxylic acids is 1. The van der Waals surface area contributed by atoms with Crippen LogP contribution in [0.25, 0.3) is 11.4 Å². The summed E-state index contributed by atoms with van der Waals surface area (Å²) in [6, 6.07) is 13.6. The van der Waals surface area contributed by atoms with Crippen molar-refractivity contribution in [3.05, 3.63) is 59.9 Å². The molecule has 0 aliphatic carbocycles. The molecule has 5 rings (SSSR count). The minimum Gasteiger partial charge on any atom is -0.379 e. The third-order valence-corrected chi connectivity index (χ3v) is 8.13. The van der Waals surface area contributed by atoms with E-state index < -0.39 is 10.0 Å². The maximum atomic E-state index is 12.8. The molecule has 1 saturated heterocycles. The van der Waals surface area contributed by atoms with Crippen LogP contribution in [0.3, 0.4) is 0 Å². The number of fused-ring (bicyclic) bond motifs is 1. The van der Waals surface area contributed by atoms with Gasteiger partial charge in [0.15, 0.2) is 5.82 Å². The minimum atomic E-state index is -3.60. The molecule has 0 spiro atoms. The number of sulfonamides is 1. The Balaban J connectivity index is 1.31. The zero-order valence-electron chi connectivity index (χ0n) is 18.8. The van der Waals surface area contributed by atoms with Crippen LogP contribution in [0.15, 0.2) is 53.4 Å². The molecule has 0 atom stereocenters. The largest absolute Gasteiger partial charge is 0.379 e. The van der Waals surface area contributed by atoms with Crippen LogP contribution in [0.5, 0.6) is 0 Å². The molecule has 0 bridgehead atoms. The average molecular weight is 482 g/mol. The van der Waals surface area contributed by atoms with E-state index in [1.807, 2.05) is 24.3 Å². The average Bonchev–Trinajstić information content (AvgIpc) is 3.13. The molecule has 3 aromatic rings. The fourth-order valence-electron chi connectivity index (χ4n) is 4.35. The quantitative estimate of drug-likeness (QED) is 0.601. The summed E-state index contributed by atoms with van der Waals surface area (Å²) in [7, 11) is -3.60. The number of nitrogens with one attached hydrogen (secondary N) is 1. The molecule has 1 N–H and O–H groups in total. The molecule has 34 heavy (non-hydrogen) atoms. The summed E-state index contributed by atoms with van der Waals surface area (Å²) >= 11 is 0. The smallest absolute Gasteiger partial charge is 0.255 e. The normalized spacial score (nSPS) is 17.1. The molecule has 0 radical (unpaired) electrons. The van der Waals surface area contributed by atoms with Crippen LogP contribution in [0.1, 0.15) is 35.4 Å². The maximum Gasteiger partial charge on any atom is 0.255 e. The van der Waals surface area contributed by atoms with Crippen molar-refractivity contribution < 1.29 is 17.9 Å². The molecular weight excluding hydrogens is 454 g/mol. The topological polar surface area (TPSA) is 106 Å². The van der Waals surface area contributed by atoms with Crippen molar-refractivity contribution in [3.8, 4) is 11.4 Å². The monoisotopic (exact) mass is 481 g/mol. The Morgan fingerprint density at radius 3 is 2.53 bits per heavy atom. The zero-order chi connectivity index (χ0) is 23.5. The van der Waals surface area contributed by atoms with Crippen molar-refractivity contribution in [3.63, 3.8) is 0 Å². The second kappa shape index (κ2) is 9.65. The summed E-state index contributed by atoms with van der Waals surface area (Å²) in [4.78, 5) is 13.0. The van der Waals surface area contributed by atoms with Gasteiger partial charge < -0.3 is 14.6 Å². The first-order chi connectivity index (χ1) is 16.5. The summed E-state index contributed by atoms with van der Waals surface area (Å²) in [5, 5.41) is 11.7. The van der Waals surface area contributed by atoms with Crippen LogP contribution in [0, 0.1) is 0 Å². The van der Waals surface area contributed by atoms with Crippen molar-refractivity contribution in [2.24, 2.45) is 0 Å². The molecule has 1 aromatic heterocycles. The van der Waals surface area contributed by atoms with E-state index >= 15 is 0 Å². The lowest BCUT2D eigenvalue weighted by Crippen LogP contribution is -2.40. The fraction of sp³-hybridized carbons (Fsp3) is 0.375. The first-order valence-corrected chi connectivity index (χ1v) is 13.0. The van der Waals surface area contributed by atoms with Gasteiger partial charge in [0.2, 0.25) is 10.0 Å². The van der Waals surface area contributed by atoms with E-state index in [1.165, 1.54) is 35.0 Å². The number of amides is 1. The van der Waals surface area contributed by atoms with Gasteiger partial charge in [-0.15, -0.1) is 10.2 Å². The highest BCUT2D eigenvalue weighted by Gasteiger charge is 2.26. The Morgan fingerprint density at radius 2 is 1.74 bits per heavy atom. The molecule has 2 aromatic carbocycles. The van der Waals surface area contributed by atoms with Crippen molar-refractivity contribution in [1.29, 1.82) is 0 Å². The van der Waals surface area contributed by atoms with Crippen molar-refractivity contribution in [2.45, 2.75) is 37.1 Å². The van der Waals surface area contributed by atoms with Crippen LogP contribution in [-0.2, 0) is 27.7 Å². The summed E-state index contributed by atoms with van der Waals surface area (Å²) in [5.74, 6) is 1.51. The zero-order valence-corrected chi connectivity index (χ0v) is 19.6. The second-order valence-electron chi connectivity index (χ2n) is 8.48. The Hall–Kier alpha value is -3.08. The number of hydrogen-bond acceptors (Lipinski definition) is 6. The fourth-order valence-corrected chi connectivity index (χ4v) is 5.76. The van der Waals surface area contributed by atoms with Crippen molar-refractivity contribution in [2.75, 3.05) is 31.6 Å². The second-order valence-corrected chi connectivity index (χ2v) is 10.4. The maximum absolute atomic E-state index is 12.8. The highest BCUT2D eigenvalue weighted by Crippen LogP contribution is 2.25. The lowest BCUT2D eigenvalue weighted by atomic mass is 10.1. The third kappa shape index (κ3) is 4.61. The Morgan fingerprint density at radius 1 is 0.941 bits per heavy atom. The third-order valence-electron chi connectivity index (χ3n) is 6.21. The molecule has 0 saturated carbocycles. The Kier molecular flexibility index (Phi) is 6.44. The highest BCUT2D eigenvalue weighted by molar-refractivity contribution is 7.89. The molecule has 1 fully saturated rings. The molecule has 2 aliphatic rings. The molecule has 2 aliphatic heterocycles. The molecule has 10 heteroatoms. The molecule has 0 unspecified atom stereocenters. The van der Waals surface area contributed by atoms with Gasteiger partial charge >= 0.3 is 0 Å². The first kappa shape index (κ1) is 22.7. The predicted molar refractivity (Wildman–Crippen MR) is 127 cm³/mol. The van der Waals surface area contributed by atoms with E-state index in [9.17, 15) is 13.2 Å². The summed E-state index contributed by atoms with van der Waals surface area (Å²) < 4.78 is 34.4. The predicted octanol–water partition coefficient (Wildman–Crippen LogP) is 2.94. The highest BCUT2D eigenvalue weighted by atomic mass is 32.2. The number of nitrogens with zero attached hydrogens (tertiary/aromatic N) is 4. The van der Waals surface area contributed by atoms with Gasteiger partial charge in [0.05, 0.1) is 18.1 Å². The number of anilines is 1. The molecule has 9 nitrogen and oxygen atoms in total. The first-order valence-electron chi connectivity index (χ1n) is 11.5. The van der Waals surface area contributed by atoms with E-state index in [0.717, 1.165) is 43.0 Å². The van der Waals surface area contributed by atoms with Gasteiger partial charge in [0.25, 0.3) is 5.91 Å². The van der Waals surface area contributed by atoms with Crippen LogP contribution < -0.4 is 5.32 Å². The Bertz CT molecular complexity index is 1280. The molecule has 3 heterocycles. The van der Waals surface area contributed by atoms with E-state index in [0.29, 0.717) is 37.6 Å². The summed E-state index contributed by atoms with van der Waals surface area (Å²) in [6.07, 6.45) is 4.35. The number of morpholine rings is 1. The number of ether oxygens (including phenoxy) is 1.